The quantitative estimate of drug-likeness (QED) is 0.314. The van der Waals surface area contributed by atoms with Gasteiger partial charge in [-0.05, 0) is 48.9 Å². The molecule has 0 saturated heterocycles. The molecule has 2 aromatic heterocycles. The van der Waals surface area contributed by atoms with Crippen molar-refractivity contribution < 1.29 is 19.1 Å². The van der Waals surface area contributed by atoms with Crippen LogP contribution < -0.4 is 20.1 Å². The number of rotatable bonds is 6. The number of carbonyl (C=O) groups excluding carboxylic acids is 2. The molecular weight excluding hydrogens is 460 g/mol. The molecule has 1 aliphatic rings. The topological polar surface area (TPSA) is 120 Å². The molecule has 1 unspecified atom stereocenters. The SMILES string of the molecule is COc1cc(C2C(C(=O)Nc3ccccn3)=C(C)Nc3ncnn32)ccc1OC(=O)c1ccccc1. The van der Waals surface area contributed by atoms with Crippen molar-refractivity contribution in [2.75, 3.05) is 17.7 Å². The molecule has 2 aromatic carbocycles. The first-order valence-corrected chi connectivity index (χ1v) is 11.1. The second-order valence-electron chi connectivity index (χ2n) is 7.93. The largest absolute Gasteiger partial charge is 0.493 e. The summed E-state index contributed by atoms with van der Waals surface area (Å²) in [5, 5.41) is 10.3. The second-order valence-corrected chi connectivity index (χ2v) is 7.93. The highest BCUT2D eigenvalue weighted by Crippen LogP contribution is 2.39. The van der Waals surface area contributed by atoms with E-state index in [9.17, 15) is 9.59 Å². The minimum atomic E-state index is -0.625. The first-order chi connectivity index (χ1) is 17.5. The van der Waals surface area contributed by atoms with Gasteiger partial charge in [-0.15, -0.1) is 0 Å². The fraction of sp³-hybridized carbons (Fsp3) is 0.115. The number of benzene rings is 2. The molecule has 0 fully saturated rings. The van der Waals surface area contributed by atoms with Crippen molar-refractivity contribution in [2.45, 2.75) is 13.0 Å². The zero-order valence-corrected chi connectivity index (χ0v) is 19.5. The van der Waals surface area contributed by atoms with Crippen LogP contribution in [-0.4, -0.2) is 38.7 Å². The van der Waals surface area contributed by atoms with E-state index in [4.69, 9.17) is 9.47 Å². The van der Waals surface area contributed by atoms with Crippen LogP contribution in [0.2, 0.25) is 0 Å². The van der Waals surface area contributed by atoms with Gasteiger partial charge in [-0.3, -0.25) is 4.79 Å². The molecule has 5 rings (SSSR count). The number of allylic oxidation sites excluding steroid dienone is 1. The van der Waals surface area contributed by atoms with Gasteiger partial charge in [-0.1, -0.05) is 30.3 Å². The molecule has 180 valence electrons. The lowest BCUT2D eigenvalue weighted by Crippen LogP contribution is -2.31. The molecule has 3 heterocycles. The Bertz CT molecular complexity index is 1450. The number of hydrogen-bond donors (Lipinski definition) is 2. The summed E-state index contributed by atoms with van der Waals surface area (Å²) in [6.45, 7) is 1.80. The van der Waals surface area contributed by atoms with Crippen molar-refractivity contribution in [1.29, 1.82) is 0 Å². The monoisotopic (exact) mass is 482 g/mol. The number of ether oxygens (including phenoxy) is 2. The van der Waals surface area contributed by atoms with Gasteiger partial charge in [-0.25, -0.2) is 14.5 Å². The van der Waals surface area contributed by atoms with Gasteiger partial charge in [0.15, 0.2) is 11.5 Å². The number of anilines is 2. The number of nitrogens with one attached hydrogen (secondary N) is 2. The number of pyridine rings is 1. The normalized spacial score (nSPS) is 14.4. The van der Waals surface area contributed by atoms with E-state index in [1.165, 1.54) is 13.4 Å². The van der Waals surface area contributed by atoms with Gasteiger partial charge in [0.05, 0.1) is 18.2 Å². The van der Waals surface area contributed by atoms with Crippen molar-refractivity contribution in [3.05, 3.63) is 102 Å². The highest BCUT2D eigenvalue weighted by molar-refractivity contribution is 6.05. The fourth-order valence-electron chi connectivity index (χ4n) is 3.99. The number of nitrogens with zero attached hydrogens (tertiary/aromatic N) is 4. The lowest BCUT2D eigenvalue weighted by Gasteiger charge is -2.29. The lowest BCUT2D eigenvalue weighted by molar-refractivity contribution is -0.113. The molecule has 0 bridgehead atoms. The van der Waals surface area contributed by atoms with Crippen LogP contribution in [0.1, 0.15) is 28.9 Å². The Labute approximate surface area is 206 Å². The molecular formula is C26H22N6O4. The number of methoxy groups -OCH3 is 1. The maximum absolute atomic E-state index is 13.4. The van der Waals surface area contributed by atoms with Gasteiger partial charge in [0.25, 0.3) is 5.91 Å². The van der Waals surface area contributed by atoms with Crippen molar-refractivity contribution in [3.63, 3.8) is 0 Å². The van der Waals surface area contributed by atoms with E-state index in [-0.39, 0.29) is 11.7 Å². The molecule has 10 heteroatoms. The van der Waals surface area contributed by atoms with Crippen LogP contribution in [0.3, 0.4) is 0 Å². The molecule has 4 aromatic rings. The maximum Gasteiger partial charge on any atom is 0.343 e. The molecule has 1 aliphatic heterocycles. The third-order valence-electron chi connectivity index (χ3n) is 5.66. The van der Waals surface area contributed by atoms with Gasteiger partial charge in [0.1, 0.15) is 18.2 Å². The summed E-state index contributed by atoms with van der Waals surface area (Å²) in [5.41, 5.74) is 2.15. The van der Waals surface area contributed by atoms with Crippen LogP contribution in [0.4, 0.5) is 11.8 Å². The first-order valence-electron chi connectivity index (χ1n) is 11.1. The summed E-state index contributed by atoms with van der Waals surface area (Å²) in [7, 11) is 1.48. The Balaban J connectivity index is 1.50. The summed E-state index contributed by atoms with van der Waals surface area (Å²) < 4.78 is 12.7. The summed E-state index contributed by atoms with van der Waals surface area (Å²) in [6, 6.07) is 18.4. The van der Waals surface area contributed by atoms with Gasteiger partial charge >= 0.3 is 5.97 Å². The van der Waals surface area contributed by atoms with E-state index in [1.54, 1.807) is 78.5 Å². The molecule has 1 amide bonds. The third kappa shape index (κ3) is 4.39. The minimum absolute atomic E-state index is 0.253. The van der Waals surface area contributed by atoms with E-state index in [0.29, 0.717) is 39.9 Å². The highest BCUT2D eigenvalue weighted by Gasteiger charge is 2.34. The van der Waals surface area contributed by atoms with Crippen LogP contribution in [0.15, 0.2) is 90.5 Å². The van der Waals surface area contributed by atoms with E-state index in [0.717, 1.165) is 0 Å². The molecule has 0 spiro atoms. The molecule has 1 atom stereocenters. The van der Waals surface area contributed by atoms with Crippen LogP contribution in [0, 0.1) is 0 Å². The van der Waals surface area contributed by atoms with Gasteiger partial charge in [0, 0.05) is 11.9 Å². The zero-order valence-electron chi connectivity index (χ0n) is 19.5. The van der Waals surface area contributed by atoms with Crippen molar-refractivity contribution >= 4 is 23.6 Å². The Hall–Kier alpha value is -4.99. The van der Waals surface area contributed by atoms with Gasteiger partial charge in [0.2, 0.25) is 5.95 Å². The van der Waals surface area contributed by atoms with Crippen LogP contribution in [0.25, 0.3) is 0 Å². The van der Waals surface area contributed by atoms with Crippen molar-refractivity contribution in [2.24, 2.45) is 0 Å². The first kappa shape index (κ1) is 22.8. The minimum Gasteiger partial charge on any atom is -0.493 e. The number of aromatic nitrogens is 4. The van der Waals surface area contributed by atoms with E-state index >= 15 is 0 Å². The summed E-state index contributed by atoms with van der Waals surface area (Å²) >= 11 is 0. The second kappa shape index (κ2) is 9.71. The molecule has 36 heavy (non-hydrogen) atoms. The standard InChI is InChI=1S/C26H22N6O4/c1-16-22(24(33)31-21-10-6-7-13-27-21)23(32-26(30-16)28-15-29-32)18-11-12-19(20(14-18)35-2)36-25(34)17-8-4-3-5-9-17/h3-15,23H,1-2H3,(H,27,31,33)(H,28,29,30). The summed E-state index contributed by atoms with van der Waals surface area (Å²) in [6.07, 6.45) is 3.01. The van der Waals surface area contributed by atoms with Crippen LogP contribution in [0.5, 0.6) is 11.5 Å². The predicted molar refractivity (Wildman–Crippen MR) is 132 cm³/mol. The summed E-state index contributed by atoms with van der Waals surface area (Å²) in [5.74, 6) is 0.649. The van der Waals surface area contributed by atoms with Crippen molar-refractivity contribution in [1.82, 2.24) is 19.7 Å². The van der Waals surface area contributed by atoms with E-state index < -0.39 is 12.0 Å². The smallest absolute Gasteiger partial charge is 0.343 e. The van der Waals surface area contributed by atoms with Crippen LogP contribution in [-0.2, 0) is 4.79 Å². The Kier molecular flexibility index (Phi) is 6.14. The summed E-state index contributed by atoms with van der Waals surface area (Å²) in [4.78, 5) is 34.4. The number of fused-ring (bicyclic) bond motifs is 1. The van der Waals surface area contributed by atoms with E-state index in [2.05, 4.69) is 25.7 Å². The maximum atomic E-state index is 13.4. The fourth-order valence-corrected chi connectivity index (χ4v) is 3.99. The Morgan fingerprint density at radius 2 is 1.81 bits per heavy atom. The van der Waals surface area contributed by atoms with Gasteiger partial charge in [-0.2, -0.15) is 10.1 Å². The molecule has 0 radical (unpaired) electrons. The van der Waals surface area contributed by atoms with Crippen LogP contribution >= 0.6 is 0 Å². The average molecular weight is 483 g/mol. The number of carbonyl (C=O) groups is 2. The predicted octanol–water partition coefficient (Wildman–Crippen LogP) is 3.83. The van der Waals surface area contributed by atoms with Gasteiger partial charge < -0.3 is 20.1 Å². The highest BCUT2D eigenvalue weighted by atomic mass is 16.6. The Morgan fingerprint density at radius 1 is 1.00 bits per heavy atom. The molecule has 0 saturated carbocycles. The zero-order chi connectivity index (χ0) is 25.1. The van der Waals surface area contributed by atoms with Crippen molar-refractivity contribution in [3.8, 4) is 11.5 Å². The number of amides is 1. The molecule has 2 N–H and O–H groups in total. The number of esters is 1. The molecule has 10 nitrogen and oxygen atoms in total. The lowest BCUT2D eigenvalue weighted by atomic mass is 9.94. The molecule has 0 aliphatic carbocycles. The Morgan fingerprint density at radius 3 is 2.56 bits per heavy atom. The average Bonchev–Trinajstić information content (AvgIpc) is 3.37. The van der Waals surface area contributed by atoms with E-state index in [1.807, 2.05) is 6.07 Å². The number of hydrogen-bond acceptors (Lipinski definition) is 8. The third-order valence-corrected chi connectivity index (χ3v) is 5.66.